The highest BCUT2D eigenvalue weighted by molar-refractivity contribution is 7.99. The molecule has 4 atom stereocenters. The molecule has 23 heavy (non-hydrogen) atoms. The van der Waals surface area contributed by atoms with Gasteiger partial charge in [0.05, 0.1) is 6.10 Å². The first-order valence-corrected chi connectivity index (χ1v) is 8.44. The summed E-state index contributed by atoms with van der Waals surface area (Å²) in [5.74, 6) is 0.926. The Morgan fingerprint density at radius 3 is 2.78 bits per heavy atom. The monoisotopic (exact) mass is 333 g/mol. The van der Waals surface area contributed by atoms with Crippen molar-refractivity contribution in [2.45, 2.75) is 30.7 Å². The van der Waals surface area contributed by atoms with Crippen molar-refractivity contribution >= 4 is 11.8 Å². The van der Waals surface area contributed by atoms with Crippen LogP contribution in [0.25, 0.3) is 11.1 Å². The summed E-state index contributed by atoms with van der Waals surface area (Å²) in [7, 11) is 0. The second-order valence-corrected chi connectivity index (χ2v) is 6.72. The number of rotatable bonds is 3. The molecule has 1 aromatic carbocycles. The van der Waals surface area contributed by atoms with E-state index in [-0.39, 0.29) is 0 Å². The first-order chi connectivity index (χ1) is 11.1. The molecule has 2 aromatic rings. The normalized spacial score (nSPS) is 27.7. The van der Waals surface area contributed by atoms with Gasteiger partial charge in [-0.1, -0.05) is 12.1 Å². The number of thioether (sulfide) groups is 1. The predicted molar refractivity (Wildman–Crippen MR) is 89.3 cm³/mol. The molecule has 3 N–H and O–H groups in total. The van der Waals surface area contributed by atoms with Gasteiger partial charge in [0.2, 0.25) is 0 Å². The molecule has 0 amide bonds. The van der Waals surface area contributed by atoms with Crippen LogP contribution in [0.2, 0.25) is 0 Å². The topological polar surface area (TPSA) is 82.8 Å². The average molecular weight is 333 g/mol. The fourth-order valence-corrected chi connectivity index (χ4v) is 3.64. The fraction of sp³-hybridized carbons (Fsp3) is 0.353. The van der Waals surface area contributed by atoms with Crippen molar-refractivity contribution in [3.05, 3.63) is 48.3 Å². The van der Waals surface area contributed by atoms with Crippen LogP contribution >= 0.6 is 11.8 Å². The lowest BCUT2D eigenvalue weighted by Gasteiger charge is -2.34. The maximum absolute atomic E-state index is 10.0. The van der Waals surface area contributed by atoms with Gasteiger partial charge in [-0.05, 0) is 36.2 Å². The van der Waals surface area contributed by atoms with Crippen molar-refractivity contribution in [3.8, 4) is 16.9 Å². The standard InChI is InChI=1S/C17H19NO4S/c1-10-5-6-18-8-13(10)11-3-2-4-12(7-11)22-17-16(21)15(20)14(19)9-23-17/h2-8,14-17,19-21H,9H2,1H3/t14-,15+,16-,17+/m1/s1. The van der Waals surface area contributed by atoms with Crippen molar-refractivity contribution in [1.29, 1.82) is 0 Å². The van der Waals surface area contributed by atoms with E-state index in [0.717, 1.165) is 16.7 Å². The first kappa shape index (κ1) is 16.3. The quantitative estimate of drug-likeness (QED) is 0.791. The summed E-state index contributed by atoms with van der Waals surface area (Å²) >= 11 is 1.29. The lowest BCUT2D eigenvalue weighted by molar-refractivity contribution is -0.0786. The largest absolute Gasteiger partial charge is 0.477 e. The van der Waals surface area contributed by atoms with E-state index in [0.29, 0.717) is 11.5 Å². The summed E-state index contributed by atoms with van der Waals surface area (Å²) in [6.45, 7) is 2.02. The molecule has 0 spiro atoms. The van der Waals surface area contributed by atoms with E-state index in [1.807, 2.05) is 31.2 Å². The van der Waals surface area contributed by atoms with Gasteiger partial charge in [-0.25, -0.2) is 0 Å². The van der Waals surface area contributed by atoms with Gasteiger partial charge in [0.1, 0.15) is 18.0 Å². The number of aliphatic hydroxyl groups is 3. The van der Waals surface area contributed by atoms with Crippen LogP contribution in [-0.2, 0) is 0 Å². The molecule has 5 nitrogen and oxygen atoms in total. The molecule has 0 aliphatic carbocycles. The molecule has 0 unspecified atom stereocenters. The molecular weight excluding hydrogens is 314 g/mol. The Balaban J connectivity index is 1.80. The summed E-state index contributed by atoms with van der Waals surface area (Å²) < 4.78 is 5.81. The second kappa shape index (κ2) is 6.88. The van der Waals surface area contributed by atoms with Crippen LogP contribution in [0.1, 0.15) is 5.56 Å². The third-order valence-corrected chi connectivity index (χ3v) is 5.13. The van der Waals surface area contributed by atoms with E-state index < -0.39 is 23.7 Å². The molecule has 0 saturated carbocycles. The van der Waals surface area contributed by atoms with E-state index in [1.54, 1.807) is 18.5 Å². The van der Waals surface area contributed by atoms with Gasteiger partial charge in [0.25, 0.3) is 0 Å². The average Bonchev–Trinajstić information content (AvgIpc) is 2.56. The number of aliphatic hydroxyl groups excluding tert-OH is 3. The lowest BCUT2D eigenvalue weighted by Crippen LogP contribution is -2.50. The molecule has 1 aromatic heterocycles. The van der Waals surface area contributed by atoms with Crippen LogP contribution in [0, 0.1) is 6.92 Å². The Kier molecular flexibility index (Phi) is 4.87. The minimum absolute atomic E-state index is 0.324. The second-order valence-electron chi connectivity index (χ2n) is 5.59. The van der Waals surface area contributed by atoms with E-state index in [2.05, 4.69) is 4.98 Å². The SMILES string of the molecule is Cc1ccncc1-c1cccc(O[C@H]2SC[C@@H](O)[C@H](O)[C@H]2O)c1. The number of ether oxygens (including phenoxy) is 1. The van der Waals surface area contributed by atoms with Gasteiger partial charge < -0.3 is 20.1 Å². The van der Waals surface area contributed by atoms with Gasteiger partial charge in [0.15, 0.2) is 5.44 Å². The van der Waals surface area contributed by atoms with Crippen LogP contribution < -0.4 is 4.74 Å². The van der Waals surface area contributed by atoms with E-state index in [4.69, 9.17) is 4.74 Å². The van der Waals surface area contributed by atoms with E-state index >= 15 is 0 Å². The first-order valence-electron chi connectivity index (χ1n) is 7.40. The highest BCUT2D eigenvalue weighted by Crippen LogP contribution is 2.31. The zero-order chi connectivity index (χ0) is 16.4. The van der Waals surface area contributed by atoms with Crippen molar-refractivity contribution in [3.63, 3.8) is 0 Å². The maximum atomic E-state index is 10.0. The number of hydrogen-bond acceptors (Lipinski definition) is 6. The van der Waals surface area contributed by atoms with Gasteiger partial charge in [-0.2, -0.15) is 0 Å². The van der Waals surface area contributed by atoms with Crippen LogP contribution in [0.15, 0.2) is 42.7 Å². The van der Waals surface area contributed by atoms with Crippen molar-refractivity contribution in [1.82, 2.24) is 4.98 Å². The summed E-state index contributed by atoms with van der Waals surface area (Å²) in [6.07, 6.45) is 0.302. The highest BCUT2D eigenvalue weighted by atomic mass is 32.2. The molecule has 0 radical (unpaired) electrons. The van der Waals surface area contributed by atoms with E-state index in [1.165, 1.54) is 11.8 Å². The summed E-state index contributed by atoms with van der Waals surface area (Å²) in [5.41, 5.74) is 2.50. The van der Waals surface area contributed by atoms with E-state index in [9.17, 15) is 15.3 Å². The van der Waals surface area contributed by atoms with Crippen molar-refractivity contribution in [2.24, 2.45) is 0 Å². The Hall–Kier alpha value is -1.60. The fourth-order valence-electron chi connectivity index (χ4n) is 2.52. The molecule has 1 fully saturated rings. The molecule has 2 heterocycles. The molecule has 1 saturated heterocycles. The zero-order valence-corrected chi connectivity index (χ0v) is 13.5. The van der Waals surface area contributed by atoms with Gasteiger partial charge in [-0.15, -0.1) is 11.8 Å². The third kappa shape index (κ3) is 3.50. The number of pyridine rings is 1. The van der Waals surface area contributed by atoms with Crippen LogP contribution in [0.3, 0.4) is 0 Å². The Morgan fingerprint density at radius 1 is 1.17 bits per heavy atom. The Morgan fingerprint density at radius 2 is 2.00 bits per heavy atom. The van der Waals surface area contributed by atoms with Crippen LogP contribution in [-0.4, -0.2) is 49.8 Å². The summed E-state index contributed by atoms with van der Waals surface area (Å²) in [4.78, 5) is 4.15. The molecule has 122 valence electrons. The summed E-state index contributed by atoms with van der Waals surface area (Å²) in [5, 5.41) is 29.4. The lowest BCUT2D eigenvalue weighted by atomic mass is 10.0. The molecule has 1 aliphatic heterocycles. The zero-order valence-electron chi connectivity index (χ0n) is 12.7. The molecule has 1 aliphatic rings. The maximum Gasteiger partial charge on any atom is 0.173 e. The Labute approximate surface area is 139 Å². The Bertz CT molecular complexity index is 681. The van der Waals surface area contributed by atoms with Crippen molar-refractivity contribution < 1.29 is 20.1 Å². The minimum Gasteiger partial charge on any atom is -0.477 e. The minimum atomic E-state index is -1.19. The predicted octanol–water partition coefficient (Wildman–Crippen LogP) is 1.59. The van der Waals surface area contributed by atoms with Gasteiger partial charge in [0, 0.05) is 23.7 Å². The number of hydrogen-bond donors (Lipinski definition) is 3. The molecule has 0 bridgehead atoms. The molecular formula is C17H19NO4S. The number of benzene rings is 1. The smallest absolute Gasteiger partial charge is 0.173 e. The van der Waals surface area contributed by atoms with Crippen LogP contribution in [0.5, 0.6) is 5.75 Å². The molecule has 6 heteroatoms. The van der Waals surface area contributed by atoms with Crippen molar-refractivity contribution in [2.75, 3.05) is 5.75 Å². The highest BCUT2D eigenvalue weighted by Gasteiger charge is 2.38. The number of nitrogens with zero attached hydrogens (tertiary/aromatic N) is 1. The van der Waals surface area contributed by atoms with Crippen LogP contribution in [0.4, 0.5) is 0 Å². The summed E-state index contributed by atoms with van der Waals surface area (Å²) in [6, 6.07) is 9.48. The number of aryl methyl sites for hydroxylation is 1. The number of aromatic nitrogens is 1. The van der Waals surface area contributed by atoms with Gasteiger partial charge in [-0.3, -0.25) is 4.98 Å². The third-order valence-electron chi connectivity index (χ3n) is 3.89. The molecule has 3 rings (SSSR count). The van der Waals surface area contributed by atoms with Gasteiger partial charge >= 0.3 is 0 Å².